The summed E-state index contributed by atoms with van der Waals surface area (Å²) < 4.78 is 1.59. The fourth-order valence-electron chi connectivity index (χ4n) is 3.15. The van der Waals surface area contributed by atoms with E-state index in [1.165, 1.54) is 6.20 Å². The van der Waals surface area contributed by atoms with Crippen molar-refractivity contribution in [2.24, 2.45) is 0 Å². The number of aryl methyl sites for hydroxylation is 1. The second-order valence-electron chi connectivity index (χ2n) is 6.05. The van der Waals surface area contributed by atoms with Gasteiger partial charge in [-0.1, -0.05) is 17.7 Å². The highest BCUT2D eigenvalue weighted by molar-refractivity contribution is 6.29. The third-order valence-corrected chi connectivity index (χ3v) is 4.68. The summed E-state index contributed by atoms with van der Waals surface area (Å²) in [5.74, 6) is -0.163. The average molecular weight is 355 g/mol. The number of pyridine rings is 2. The molecule has 0 aliphatic carbocycles. The van der Waals surface area contributed by atoms with Gasteiger partial charge in [0.2, 0.25) is 0 Å². The Bertz CT molecular complexity index is 1040. The second kappa shape index (κ2) is 5.97. The minimum atomic E-state index is -0.163. The van der Waals surface area contributed by atoms with E-state index in [2.05, 4.69) is 9.97 Å². The molecule has 1 aliphatic rings. The smallest absolute Gasteiger partial charge is 0.263 e. The van der Waals surface area contributed by atoms with Crippen LogP contribution in [0.2, 0.25) is 5.15 Å². The number of aromatic nitrogens is 3. The van der Waals surface area contributed by atoms with E-state index in [0.29, 0.717) is 34.9 Å². The van der Waals surface area contributed by atoms with Crippen molar-refractivity contribution in [3.05, 3.63) is 74.6 Å². The van der Waals surface area contributed by atoms with E-state index < -0.39 is 0 Å². The Morgan fingerprint density at radius 1 is 1.24 bits per heavy atom. The van der Waals surface area contributed by atoms with Crippen LogP contribution in [0.5, 0.6) is 0 Å². The van der Waals surface area contributed by atoms with Crippen LogP contribution in [0.3, 0.4) is 0 Å². The van der Waals surface area contributed by atoms with Crippen molar-refractivity contribution < 1.29 is 4.79 Å². The van der Waals surface area contributed by atoms with E-state index in [9.17, 15) is 9.59 Å². The molecule has 0 bridgehead atoms. The van der Waals surface area contributed by atoms with E-state index in [1.807, 2.05) is 25.1 Å². The molecule has 4 rings (SSSR count). The summed E-state index contributed by atoms with van der Waals surface area (Å²) in [6, 6.07) is 8.80. The molecule has 0 saturated carbocycles. The molecule has 0 fully saturated rings. The maximum Gasteiger partial charge on any atom is 0.263 e. The Kier molecular flexibility index (Phi) is 3.77. The van der Waals surface area contributed by atoms with Crippen LogP contribution in [0, 0.1) is 6.92 Å². The molecule has 126 valence electrons. The number of carbonyl (C=O) groups is 1. The summed E-state index contributed by atoms with van der Waals surface area (Å²) in [7, 11) is 0. The van der Waals surface area contributed by atoms with E-state index >= 15 is 0 Å². The van der Waals surface area contributed by atoms with Gasteiger partial charge in [0.05, 0.1) is 23.4 Å². The van der Waals surface area contributed by atoms with Crippen molar-refractivity contribution in [3.8, 4) is 0 Å². The van der Waals surface area contributed by atoms with Crippen LogP contribution in [0.25, 0.3) is 5.65 Å². The molecule has 4 heterocycles. The maximum atomic E-state index is 12.9. The van der Waals surface area contributed by atoms with Crippen LogP contribution in [0.1, 0.15) is 27.3 Å². The normalized spacial score (nSPS) is 13.8. The van der Waals surface area contributed by atoms with Crippen LogP contribution in [0.4, 0.5) is 0 Å². The second-order valence-corrected chi connectivity index (χ2v) is 6.44. The quantitative estimate of drug-likeness (QED) is 0.629. The zero-order chi connectivity index (χ0) is 17.6. The van der Waals surface area contributed by atoms with Gasteiger partial charge in [-0.3, -0.25) is 14.0 Å². The van der Waals surface area contributed by atoms with Gasteiger partial charge in [-0.15, -0.1) is 0 Å². The predicted molar refractivity (Wildman–Crippen MR) is 93.9 cm³/mol. The van der Waals surface area contributed by atoms with Gasteiger partial charge in [0.1, 0.15) is 10.8 Å². The number of nitrogens with zero attached hydrogens (tertiary/aromatic N) is 4. The zero-order valence-electron chi connectivity index (χ0n) is 13.6. The van der Waals surface area contributed by atoms with Crippen molar-refractivity contribution in [2.75, 3.05) is 6.54 Å². The minimum Gasteiger partial charge on any atom is -0.334 e. The molecule has 25 heavy (non-hydrogen) atoms. The van der Waals surface area contributed by atoms with Crippen LogP contribution < -0.4 is 5.56 Å². The monoisotopic (exact) mass is 354 g/mol. The van der Waals surface area contributed by atoms with E-state index in [0.717, 1.165) is 11.4 Å². The molecule has 7 heteroatoms. The molecule has 3 aromatic rings. The van der Waals surface area contributed by atoms with Gasteiger partial charge in [-0.05, 0) is 31.2 Å². The van der Waals surface area contributed by atoms with Crippen molar-refractivity contribution in [3.63, 3.8) is 0 Å². The SMILES string of the molecule is Cc1cccc2nc3c(c(=O)n12)CN(C(=O)c1ccc(Cl)nc1)CC3. The molecule has 0 aromatic carbocycles. The molecule has 0 N–H and O–H groups in total. The highest BCUT2D eigenvalue weighted by Gasteiger charge is 2.26. The molecule has 0 saturated heterocycles. The highest BCUT2D eigenvalue weighted by Crippen LogP contribution is 2.18. The molecule has 1 amide bonds. The maximum absolute atomic E-state index is 12.9. The summed E-state index contributed by atoms with van der Waals surface area (Å²) >= 11 is 5.77. The van der Waals surface area contributed by atoms with E-state index in [4.69, 9.17) is 11.6 Å². The van der Waals surface area contributed by atoms with E-state index in [1.54, 1.807) is 21.4 Å². The van der Waals surface area contributed by atoms with Crippen LogP contribution >= 0.6 is 11.6 Å². The first-order chi connectivity index (χ1) is 12.0. The molecule has 1 aliphatic heterocycles. The van der Waals surface area contributed by atoms with Gasteiger partial charge < -0.3 is 4.90 Å². The van der Waals surface area contributed by atoms with Crippen molar-refractivity contribution in [1.29, 1.82) is 0 Å². The van der Waals surface area contributed by atoms with Gasteiger partial charge >= 0.3 is 0 Å². The lowest BCUT2D eigenvalue weighted by atomic mass is 10.1. The van der Waals surface area contributed by atoms with Gasteiger partial charge in [0, 0.05) is 24.9 Å². The Morgan fingerprint density at radius 3 is 2.84 bits per heavy atom. The first-order valence-corrected chi connectivity index (χ1v) is 8.33. The van der Waals surface area contributed by atoms with Crippen molar-refractivity contribution in [2.45, 2.75) is 19.9 Å². The number of amides is 1. The lowest BCUT2D eigenvalue weighted by molar-refractivity contribution is 0.0732. The summed E-state index contributed by atoms with van der Waals surface area (Å²) in [5.41, 5.74) is 3.17. The van der Waals surface area contributed by atoms with Gasteiger partial charge in [-0.2, -0.15) is 0 Å². The van der Waals surface area contributed by atoms with Crippen LogP contribution in [-0.2, 0) is 13.0 Å². The van der Waals surface area contributed by atoms with Crippen molar-refractivity contribution >= 4 is 23.2 Å². The first-order valence-electron chi connectivity index (χ1n) is 7.95. The Labute approximate surface area is 148 Å². The first kappa shape index (κ1) is 15.8. The molecule has 6 nitrogen and oxygen atoms in total. The summed E-state index contributed by atoms with van der Waals surface area (Å²) in [6.45, 7) is 2.64. The molecular formula is C18H15ClN4O2. The average Bonchev–Trinajstić information content (AvgIpc) is 2.62. The number of carbonyl (C=O) groups excluding carboxylic acids is 1. The number of hydrogen-bond acceptors (Lipinski definition) is 4. The molecule has 3 aromatic heterocycles. The standard InChI is InChI=1S/C18H15ClN4O2/c1-11-3-2-4-16-21-14-7-8-22(10-13(14)18(25)23(11)16)17(24)12-5-6-15(19)20-9-12/h2-6,9H,7-8,10H2,1H3. The third-order valence-electron chi connectivity index (χ3n) is 4.45. The predicted octanol–water partition coefficient (Wildman–Crippen LogP) is 2.25. The largest absolute Gasteiger partial charge is 0.334 e. The van der Waals surface area contributed by atoms with Crippen LogP contribution in [0.15, 0.2) is 41.3 Å². The fourth-order valence-corrected chi connectivity index (χ4v) is 3.27. The highest BCUT2D eigenvalue weighted by atomic mass is 35.5. The fraction of sp³-hybridized carbons (Fsp3) is 0.222. The van der Waals surface area contributed by atoms with Gasteiger partial charge in [0.15, 0.2) is 0 Å². The molecule has 0 spiro atoms. The molecule has 0 radical (unpaired) electrons. The van der Waals surface area contributed by atoms with Crippen molar-refractivity contribution in [1.82, 2.24) is 19.3 Å². The lowest BCUT2D eigenvalue weighted by Crippen LogP contribution is -2.40. The Morgan fingerprint density at radius 2 is 2.08 bits per heavy atom. The lowest BCUT2D eigenvalue weighted by Gasteiger charge is -2.28. The summed E-state index contributed by atoms with van der Waals surface area (Å²) in [5, 5.41) is 0.338. The number of fused-ring (bicyclic) bond motifs is 2. The number of halogens is 1. The summed E-state index contributed by atoms with van der Waals surface area (Å²) in [4.78, 5) is 35.8. The third kappa shape index (κ3) is 2.68. The molecule has 0 unspecified atom stereocenters. The molecular weight excluding hydrogens is 340 g/mol. The van der Waals surface area contributed by atoms with E-state index in [-0.39, 0.29) is 18.0 Å². The van der Waals surface area contributed by atoms with Gasteiger partial charge in [0.25, 0.3) is 11.5 Å². The van der Waals surface area contributed by atoms with Crippen LogP contribution in [-0.4, -0.2) is 31.7 Å². The molecule has 0 atom stereocenters. The topological polar surface area (TPSA) is 67.6 Å². The Balaban J connectivity index is 1.73. The Hall–Kier alpha value is -2.73. The number of rotatable bonds is 1. The zero-order valence-corrected chi connectivity index (χ0v) is 14.3. The summed E-state index contributed by atoms with van der Waals surface area (Å²) in [6.07, 6.45) is 2.01. The van der Waals surface area contributed by atoms with Gasteiger partial charge in [-0.25, -0.2) is 9.97 Å². The number of hydrogen-bond donors (Lipinski definition) is 0. The minimum absolute atomic E-state index is 0.107.